The van der Waals surface area contributed by atoms with E-state index in [0.29, 0.717) is 0 Å². The quantitative estimate of drug-likeness (QED) is 0.769. The molecule has 1 heterocycles. The van der Waals surface area contributed by atoms with Crippen molar-refractivity contribution in [2.75, 3.05) is 34.7 Å². The summed E-state index contributed by atoms with van der Waals surface area (Å²) in [7, 11) is 7.59. The zero-order valence-electron chi connectivity index (χ0n) is 11.1. The standard InChI is InChI=1S/C13H21N3O/c1-15(2)10-8-11(13(17)16(3)4)12-7-5-6-9-14-12/h5-7,9,11H,8,10H2,1-4H3. The van der Waals surface area contributed by atoms with E-state index in [1.807, 2.05) is 32.3 Å². The van der Waals surface area contributed by atoms with Gasteiger partial charge >= 0.3 is 0 Å². The van der Waals surface area contributed by atoms with E-state index in [1.165, 1.54) is 0 Å². The maximum absolute atomic E-state index is 12.1. The number of nitrogens with zero attached hydrogens (tertiary/aromatic N) is 3. The van der Waals surface area contributed by atoms with Gasteiger partial charge in [-0.3, -0.25) is 9.78 Å². The van der Waals surface area contributed by atoms with Crippen LogP contribution in [-0.4, -0.2) is 55.4 Å². The van der Waals surface area contributed by atoms with Crippen molar-refractivity contribution in [1.82, 2.24) is 14.8 Å². The monoisotopic (exact) mass is 235 g/mol. The van der Waals surface area contributed by atoms with Crippen molar-refractivity contribution in [2.24, 2.45) is 0 Å². The molecule has 1 aromatic rings. The van der Waals surface area contributed by atoms with Crippen LogP contribution in [0.3, 0.4) is 0 Å². The number of hydrogen-bond donors (Lipinski definition) is 0. The van der Waals surface area contributed by atoms with Gasteiger partial charge < -0.3 is 9.80 Å². The SMILES string of the molecule is CN(C)CCC(C(=O)N(C)C)c1ccccn1. The van der Waals surface area contributed by atoms with Gasteiger partial charge in [0.05, 0.1) is 11.6 Å². The molecule has 0 aromatic carbocycles. The largest absolute Gasteiger partial charge is 0.348 e. The normalized spacial score (nSPS) is 12.5. The van der Waals surface area contributed by atoms with E-state index in [2.05, 4.69) is 9.88 Å². The molecule has 94 valence electrons. The van der Waals surface area contributed by atoms with Crippen molar-refractivity contribution < 1.29 is 4.79 Å². The smallest absolute Gasteiger partial charge is 0.231 e. The minimum absolute atomic E-state index is 0.116. The van der Waals surface area contributed by atoms with Crippen LogP contribution in [0.1, 0.15) is 18.0 Å². The van der Waals surface area contributed by atoms with Crippen LogP contribution in [-0.2, 0) is 4.79 Å². The Morgan fingerprint density at radius 1 is 1.29 bits per heavy atom. The first-order valence-corrected chi connectivity index (χ1v) is 5.79. The zero-order valence-corrected chi connectivity index (χ0v) is 11.1. The summed E-state index contributed by atoms with van der Waals surface area (Å²) in [6.45, 7) is 0.876. The van der Waals surface area contributed by atoms with Crippen molar-refractivity contribution in [3.63, 3.8) is 0 Å². The fourth-order valence-electron chi connectivity index (χ4n) is 1.68. The van der Waals surface area contributed by atoms with Crippen LogP contribution >= 0.6 is 0 Å². The lowest BCUT2D eigenvalue weighted by atomic mass is 9.99. The molecule has 0 radical (unpaired) electrons. The maximum atomic E-state index is 12.1. The Morgan fingerprint density at radius 3 is 2.47 bits per heavy atom. The Morgan fingerprint density at radius 2 is 2.00 bits per heavy atom. The molecule has 0 spiro atoms. The fraction of sp³-hybridized carbons (Fsp3) is 0.538. The predicted octanol–water partition coefficient (Wildman–Crippen LogP) is 1.21. The van der Waals surface area contributed by atoms with Gasteiger partial charge in [-0.25, -0.2) is 0 Å². The minimum atomic E-state index is -0.145. The lowest BCUT2D eigenvalue weighted by molar-refractivity contribution is -0.130. The van der Waals surface area contributed by atoms with Gasteiger partial charge in [0.1, 0.15) is 0 Å². The van der Waals surface area contributed by atoms with Crippen LogP contribution < -0.4 is 0 Å². The van der Waals surface area contributed by atoms with E-state index in [1.54, 1.807) is 25.2 Å². The molecule has 4 nitrogen and oxygen atoms in total. The molecule has 0 N–H and O–H groups in total. The summed E-state index contributed by atoms with van der Waals surface area (Å²) in [4.78, 5) is 20.1. The number of likely N-dealkylation sites (N-methyl/N-ethyl adjacent to an activating group) is 1. The van der Waals surface area contributed by atoms with Crippen LogP contribution in [0.25, 0.3) is 0 Å². The van der Waals surface area contributed by atoms with Crippen LogP contribution in [0.2, 0.25) is 0 Å². The molecule has 1 unspecified atom stereocenters. The zero-order chi connectivity index (χ0) is 12.8. The molecule has 4 heteroatoms. The summed E-state index contributed by atoms with van der Waals surface area (Å²) < 4.78 is 0. The van der Waals surface area contributed by atoms with Gasteiger partial charge in [-0.1, -0.05) is 6.07 Å². The van der Waals surface area contributed by atoms with Gasteiger partial charge in [0, 0.05) is 20.3 Å². The molecular formula is C13H21N3O. The van der Waals surface area contributed by atoms with Crippen molar-refractivity contribution in [1.29, 1.82) is 0 Å². The third-order valence-corrected chi connectivity index (χ3v) is 2.65. The molecule has 0 aliphatic rings. The van der Waals surface area contributed by atoms with Gasteiger partial charge in [0.25, 0.3) is 0 Å². The first kappa shape index (κ1) is 13.6. The average molecular weight is 235 g/mol. The number of carbonyl (C=O) groups is 1. The van der Waals surface area contributed by atoms with Crippen LogP contribution in [0, 0.1) is 0 Å². The highest BCUT2D eigenvalue weighted by atomic mass is 16.2. The number of aromatic nitrogens is 1. The third kappa shape index (κ3) is 4.15. The average Bonchev–Trinajstić information content (AvgIpc) is 2.30. The van der Waals surface area contributed by atoms with Crippen molar-refractivity contribution in [2.45, 2.75) is 12.3 Å². The molecule has 0 aliphatic carbocycles. The number of pyridine rings is 1. The first-order valence-electron chi connectivity index (χ1n) is 5.79. The number of rotatable bonds is 5. The topological polar surface area (TPSA) is 36.4 Å². The minimum Gasteiger partial charge on any atom is -0.348 e. The Balaban J connectivity index is 2.83. The second-order valence-electron chi connectivity index (χ2n) is 4.63. The molecule has 1 amide bonds. The number of hydrogen-bond acceptors (Lipinski definition) is 3. The lowest BCUT2D eigenvalue weighted by Gasteiger charge is -2.21. The van der Waals surface area contributed by atoms with Crippen molar-refractivity contribution in [3.8, 4) is 0 Å². The lowest BCUT2D eigenvalue weighted by Crippen LogP contribution is -2.30. The summed E-state index contributed by atoms with van der Waals surface area (Å²) in [6.07, 6.45) is 2.53. The summed E-state index contributed by atoms with van der Waals surface area (Å²) in [5, 5.41) is 0. The highest BCUT2D eigenvalue weighted by Gasteiger charge is 2.23. The van der Waals surface area contributed by atoms with Crippen LogP contribution in [0.5, 0.6) is 0 Å². The van der Waals surface area contributed by atoms with E-state index in [-0.39, 0.29) is 11.8 Å². The molecule has 1 aromatic heterocycles. The third-order valence-electron chi connectivity index (χ3n) is 2.65. The summed E-state index contributed by atoms with van der Waals surface area (Å²) >= 11 is 0. The molecule has 1 atom stereocenters. The molecule has 0 saturated carbocycles. The maximum Gasteiger partial charge on any atom is 0.231 e. The van der Waals surface area contributed by atoms with Crippen molar-refractivity contribution in [3.05, 3.63) is 30.1 Å². The van der Waals surface area contributed by atoms with Gasteiger partial charge in [-0.05, 0) is 39.2 Å². The van der Waals surface area contributed by atoms with E-state index < -0.39 is 0 Å². The second kappa shape index (κ2) is 6.35. The van der Waals surface area contributed by atoms with Crippen LogP contribution in [0.4, 0.5) is 0 Å². The Kier molecular flexibility index (Phi) is 5.10. The van der Waals surface area contributed by atoms with Gasteiger partial charge in [-0.15, -0.1) is 0 Å². The highest BCUT2D eigenvalue weighted by Crippen LogP contribution is 2.19. The molecule has 1 rings (SSSR count). The van der Waals surface area contributed by atoms with E-state index >= 15 is 0 Å². The molecule has 0 bridgehead atoms. The summed E-state index contributed by atoms with van der Waals surface area (Å²) in [6, 6.07) is 5.71. The highest BCUT2D eigenvalue weighted by molar-refractivity contribution is 5.82. The predicted molar refractivity (Wildman–Crippen MR) is 68.8 cm³/mol. The Hall–Kier alpha value is -1.42. The summed E-state index contributed by atoms with van der Waals surface area (Å²) in [5.41, 5.74) is 0.855. The van der Waals surface area contributed by atoms with Gasteiger partial charge in [0.15, 0.2) is 0 Å². The van der Waals surface area contributed by atoms with Crippen LogP contribution in [0.15, 0.2) is 24.4 Å². The summed E-state index contributed by atoms with van der Waals surface area (Å²) in [5.74, 6) is -0.0286. The molecule has 17 heavy (non-hydrogen) atoms. The van der Waals surface area contributed by atoms with E-state index in [0.717, 1.165) is 18.7 Å². The Bertz CT molecular complexity index is 349. The van der Waals surface area contributed by atoms with Gasteiger partial charge in [0.2, 0.25) is 5.91 Å². The van der Waals surface area contributed by atoms with Gasteiger partial charge in [-0.2, -0.15) is 0 Å². The molecule has 0 aliphatic heterocycles. The molecular weight excluding hydrogens is 214 g/mol. The number of carbonyl (C=O) groups excluding carboxylic acids is 1. The molecule has 0 fully saturated rings. The van der Waals surface area contributed by atoms with E-state index in [9.17, 15) is 4.79 Å². The van der Waals surface area contributed by atoms with E-state index in [4.69, 9.17) is 0 Å². The fourth-order valence-corrected chi connectivity index (χ4v) is 1.68. The second-order valence-corrected chi connectivity index (χ2v) is 4.63. The Labute approximate surface area is 103 Å². The number of amides is 1. The first-order chi connectivity index (χ1) is 8.02. The molecule has 0 saturated heterocycles. The van der Waals surface area contributed by atoms with Crippen molar-refractivity contribution >= 4 is 5.91 Å².